The number of hydrogen-bond acceptors (Lipinski definition) is 7. The second kappa shape index (κ2) is 7.14. The van der Waals surface area contributed by atoms with Crippen LogP contribution in [0.15, 0.2) is 41.1 Å². The van der Waals surface area contributed by atoms with Gasteiger partial charge >= 0.3 is 0 Å². The molecule has 2 amide bonds. The lowest BCUT2D eigenvalue weighted by Crippen LogP contribution is -2.41. The number of thiophene rings is 1. The van der Waals surface area contributed by atoms with Crippen LogP contribution in [0.25, 0.3) is 9.88 Å². The molecule has 1 aliphatic heterocycles. The van der Waals surface area contributed by atoms with Gasteiger partial charge in [-0.15, -0.1) is 22.7 Å². The number of benzene rings is 1. The number of thiazole rings is 1. The highest BCUT2D eigenvalue weighted by Gasteiger charge is 2.17. The molecule has 26 heavy (non-hydrogen) atoms. The predicted molar refractivity (Wildman–Crippen MR) is 97.8 cm³/mol. The van der Waals surface area contributed by atoms with E-state index in [4.69, 9.17) is 9.47 Å². The summed E-state index contributed by atoms with van der Waals surface area (Å²) in [4.78, 5) is 29.7. The van der Waals surface area contributed by atoms with Crippen LogP contribution >= 0.6 is 22.7 Å². The molecule has 1 aromatic carbocycles. The van der Waals surface area contributed by atoms with Gasteiger partial charge in [0.15, 0.2) is 11.5 Å². The fraction of sp³-hybridized carbons (Fsp3) is 0.118. The summed E-state index contributed by atoms with van der Waals surface area (Å²) in [6.45, 7) is 0.918. The molecule has 0 aliphatic carbocycles. The minimum atomic E-state index is -0.477. The van der Waals surface area contributed by atoms with Crippen molar-refractivity contribution in [3.63, 3.8) is 0 Å². The lowest BCUT2D eigenvalue weighted by atomic mass is 10.2. The third-order valence-electron chi connectivity index (χ3n) is 3.56. The van der Waals surface area contributed by atoms with Gasteiger partial charge in [0.05, 0.1) is 4.88 Å². The average molecular weight is 387 g/mol. The Balaban J connectivity index is 1.39. The molecule has 2 N–H and O–H groups in total. The van der Waals surface area contributed by atoms with Gasteiger partial charge < -0.3 is 9.47 Å². The Morgan fingerprint density at radius 1 is 1.00 bits per heavy atom. The summed E-state index contributed by atoms with van der Waals surface area (Å²) in [6.07, 6.45) is 0. The molecule has 4 rings (SSSR count). The van der Waals surface area contributed by atoms with E-state index >= 15 is 0 Å². The van der Waals surface area contributed by atoms with Gasteiger partial charge in [0.25, 0.3) is 11.8 Å². The van der Waals surface area contributed by atoms with Crippen molar-refractivity contribution < 1.29 is 19.1 Å². The molecular formula is C17H13N3O4S2. The highest BCUT2D eigenvalue weighted by atomic mass is 32.1. The molecule has 0 unspecified atom stereocenters. The first-order chi connectivity index (χ1) is 12.7. The third-order valence-corrected chi connectivity index (χ3v) is 5.44. The molecule has 0 spiro atoms. The largest absolute Gasteiger partial charge is 0.486 e. The number of hydrogen-bond donors (Lipinski definition) is 2. The SMILES string of the molecule is O=C(NNC(=O)c1csc(-c2cccs2)n1)c1ccc2c(c1)OCCO2. The quantitative estimate of drug-likeness (QED) is 0.675. The number of rotatable bonds is 3. The highest BCUT2D eigenvalue weighted by molar-refractivity contribution is 7.20. The first-order valence-corrected chi connectivity index (χ1v) is 9.46. The molecular weight excluding hydrogens is 374 g/mol. The molecule has 0 saturated heterocycles. The maximum Gasteiger partial charge on any atom is 0.289 e. The van der Waals surface area contributed by atoms with E-state index in [2.05, 4.69) is 15.8 Å². The molecule has 7 nitrogen and oxygen atoms in total. The van der Waals surface area contributed by atoms with Gasteiger partial charge in [0, 0.05) is 10.9 Å². The Morgan fingerprint density at radius 3 is 2.62 bits per heavy atom. The van der Waals surface area contributed by atoms with Gasteiger partial charge in [-0.05, 0) is 29.6 Å². The fourth-order valence-corrected chi connectivity index (χ4v) is 3.94. The van der Waals surface area contributed by atoms with Crippen LogP contribution in [-0.4, -0.2) is 30.0 Å². The summed E-state index contributed by atoms with van der Waals surface area (Å²) in [5.74, 6) is 0.176. The van der Waals surface area contributed by atoms with Gasteiger partial charge in [-0.2, -0.15) is 0 Å². The van der Waals surface area contributed by atoms with Gasteiger partial charge in [0.2, 0.25) is 0 Å². The molecule has 0 bridgehead atoms. The van der Waals surface area contributed by atoms with Gasteiger partial charge in [0.1, 0.15) is 23.9 Å². The van der Waals surface area contributed by atoms with Crippen molar-refractivity contribution in [1.29, 1.82) is 0 Å². The summed E-state index contributed by atoms with van der Waals surface area (Å²) in [6, 6.07) is 8.71. The number of aromatic nitrogens is 1. The monoisotopic (exact) mass is 387 g/mol. The van der Waals surface area contributed by atoms with Crippen LogP contribution in [0.4, 0.5) is 0 Å². The first-order valence-electron chi connectivity index (χ1n) is 7.70. The van der Waals surface area contributed by atoms with Crippen LogP contribution in [0.2, 0.25) is 0 Å². The van der Waals surface area contributed by atoms with E-state index in [1.807, 2.05) is 17.5 Å². The average Bonchev–Trinajstić information content (AvgIpc) is 3.36. The molecule has 0 fully saturated rings. The van der Waals surface area contributed by atoms with Crippen LogP contribution in [0.5, 0.6) is 11.5 Å². The number of nitrogens with one attached hydrogen (secondary N) is 2. The van der Waals surface area contributed by atoms with Crippen molar-refractivity contribution in [2.24, 2.45) is 0 Å². The zero-order valence-electron chi connectivity index (χ0n) is 13.4. The van der Waals surface area contributed by atoms with Crippen LogP contribution in [-0.2, 0) is 0 Å². The van der Waals surface area contributed by atoms with E-state index < -0.39 is 11.8 Å². The molecule has 3 aromatic rings. The number of amides is 2. The van der Waals surface area contributed by atoms with E-state index in [0.29, 0.717) is 30.3 Å². The Kier molecular flexibility index (Phi) is 4.55. The van der Waals surface area contributed by atoms with E-state index in [9.17, 15) is 9.59 Å². The van der Waals surface area contributed by atoms with E-state index in [0.717, 1.165) is 9.88 Å². The summed E-state index contributed by atoms with van der Waals surface area (Å²) in [7, 11) is 0. The Hall–Kier alpha value is -2.91. The minimum Gasteiger partial charge on any atom is -0.486 e. The van der Waals surface area contributed by atoms with E-state index in [-0.39, 0.29) is 5.69 Å². The number of nitrogens with zero attached hydrogens (tertiary/aromatic N) is 1. The normalized spacial score (nSPS) is 12.5. The molecule has 132 valence electrons. The number of carbonyl (C=O) groups excluding carboxylic acids is 2. The lowest BCUT2D eigenvalue weighted by molar-refractivity contribution is 0.0844. The number of hydrazine groups is 1. The van der Waals surface area contributed by atoms with Crippen LogP contribution in [0.3, 0.4) is 0 Å². The smallest absolute Gasteiger partial charge is 0.289 e. The Morgan fingerprint density at radius 2 is 1.81 bits per heavy atom. The third kappa shape index (κ3) is 3.39. The highest BCUT2D eigenvalue weighted by Crippen LogP contribution is 2.30. The van der Waals surface area contributed by atoms with E-state index in [1.165, 1.54) is 11.3 Å². The topological polar surface area (TPSA) is 89.6 Å². The Bertz CT molecular complexity index is 953. The van der Waals surface area contributed by atoms with Gasteiger partial charge in [-0.3, -0.25) is 20.4 Å². The summed E-state index contributed by atoms with van der Waals surface area (Å²) in [5.41, 5.74) is 5.36. The van der Waals surface area contributed by atoms with Crippen molar-refractivity contribution >= 4 is 34.5 Å². The zero-order chi connectivity index (χ0) is 17.9. The molecule has 3 heterocycles. The van der Waals surface area contributed by atoms with Crippen molar-refractivity contribution in [2.75, 3.05) is 13.2 Å². The second-order valence-electron chi connectivity index (χ2n) is 5.28. The number of carbonyl (C=O) groups is 2. The zero-order valence-corrected chi connectivity index (χ0v) is 15.0. The van der Waals surface area contributed by atoms with E-state index in [1.54, 1.807) is 34.9 Å². The maximum absolute atomic E-state index is 12.2. The summed E-state index contributed by atoms with van der Waals surface area (Å²) < 4.78 is 10.9. The molecule has 1 aliphatic rings. The van der Waals surface area contributed by atoms with Crippen LogP contribution in [0, 0.1) is 0 Å². The van der Waals surface area contributed by atoms with Crippen molar-refractivity contribution in [3.8, 4) is 21.4 Å². The molecule has 2 aromatic heterocycles. The van der Waals surface area contributed by atoms with Crippen LogP contribution in [0.1, 0.15) is 20.8 Å². The number of fused-ring (bicyclic) bond motifs is 1. The second-order valence-corrected chi connectivity index (χ2v) is 7.09. The van der Waals surface area contributed by atoms with Gasteiger partial charge in [-0.1, -0.05) is 6.07 Å². The minimum absolute atomic E-state index is 0.251. The predicted octanol–water partition coefficient (Wildman–Crippen LogP) is 2.72. The Labute approximate surface area is 156 Å². The van der Waals surface area contributed by atoms with Crippen LogP contribution < -0.4 is 20.3 Å². The first kappa shape index (κ1) is 16.6. The number of ether oxygens (including phenoxy) is 2. The lowest BCUT2D eigenvalue weighted by Gasteiger charge is -2.18. The molecule has 9 heteroatoms. The standard InChI is InChI=1S/C17H13N3O4S2/c21-15(10-3-4-12-13(8-10)24-6-5-23-12)19-20-16(22)11-9-26-17(18-11)14-2-1-7-25-14/h1-4,7-9H,5-6H2,(H,19,21)(H,20,22). The van der Waals surface area contributed by atoms with Crippen molar-refractivity contribution in [2.45, 2.75) is 0 Å². The molecule has 0 saturated carbocycles. The summed E-state index contributed by atoms with van der Waals surface area (Å²) in [5, 5.41) is 4.37. The van der Waals surface area contributed by atoms with Crippen molar-refractivity contribution in [3.05, 3.63) is 52.3 Å². The fourth-order valence-electron chi connectivity index (χ4n) is 2.33. The maximum atomic E-state index is 12.2. The molecule has 0 radical (unpaired) electrons. The summed E-state index contributed by atoms with van der Waals surface area (Å²) >= 11 is 2.93. The molecule has 0 atom stereocenters. The van der Waals surface area contributed by atoms with Crippen molar-refractivity contribution in [1.82, 2.24) is 15.8 Å². The van der Waals surface area contributed by atoms with Gasteiger partial charge in [-0.25, -0.2) is 4.98 Å².